The number of nitrogens with zero attached hydrogens (tertiary/aromatic N) is 5. The van der Waals surface area contributed by atoms with Gasteiger partial charge >= 0.3 is 0 Å². The van der Waals surface area contributed by atoms with Gasteiger partial charge in [-0.1, -0.05) is 49.1 Å². The summed E-state index contributed by atoms with van der Waals surface area (Å²) in [6.45, 7) is 7.89. The molecule has 1 unspecified atom stereocenters. The van der Waals surface area contributed by atoms with Crippen molar-refractivity contribution in [3.05, 3.63) is 98.9 Å². The van der Waals surface area contributed by atoms with E-state index in [1.54, 1.807) is 22.8 Å². The number of aromatic nitrogens is 5. The summed E-state index contributed by atoms with van der Waals surface area (Å²) in [6.07, 6.45) is 7.83. The first-order valence-corrected chi connectivity index (χ1v) is 13.2. The van der Waals surface area contributed by atoms with Crippen LogP contribution in [-0.4, -0.2) is 24.5 Å². The van der Waals surface area contributed by atoms with Crippen LogP contribution in [0.3, 0.4) is 0 Å². The molecular weight excluding hydrogens is 529 g/mol. The lowest BCUT2D eigenvalue weighted by Gasteiger charge is -2.22. The van der Waals surface area contributed by atoms with Gasteiger partial charge in [0, 0.05) is 5.70 Å². The van der Waals surface area contributed by atoms with Crippen molar-refractivity contribution in [3.8, 4) is 11.8 Å². The van der Waals surface area contributed by atoms with Crippen LogP contribution in [0.5, 0.6) is 0 Å². The Morgan fingerprint density at radius 1 is 1.18 bits per heavy atom. The Labute approximate surface area is 236 Å². The van der Waals surface area contributed by atoms with Crippen LogP contribution in [0, 0.1) is 17.7 Å². The number of allylic oxidation sites excluding steroid dienone is 4. The largest absolute Gasteiger partial charge is 0.382 e. The first kappa shape index (κ1) is 28.5. The van der Waals surface area contributed by atoms with Crippen molar-refractivity contribution in [3.63, 3.8) is 0 Å². The van der Waals surface area contributed by atoms with Crippen molar-refractivity contribution in [2.24, 2.45) is 0 Å². The molecule has 0 fully saturated rings. The van der Waals surface area contributed by atoms with Crippen LogP contribution >= 0.6 is 11.6 Å². The molecular formula is C30H29ClFN7O. The highest BCUT2D eigenvalue weighted by molar-refractivity contribution is 6.35. The monoisotopic (exact) mass is 557 g/mol. The van der Waals surface area contributed by atoms with Gasteiger partial charge in [0.2, 0.25) is 0 Å². The van der Waals surface area contributed by atoms with E-state index >= 15 is 0 Å². The van der Waals surface area contributed by atoms with Gasteiger partial charge in [0.1, 0.15) is 40.9 Å². The first-order valence-electron chi connectivity index (χ1n) is 12.8. The number of nitrogen functional groups attached to an aromatic ring is 1. The van der Waals surface area contributed by atoms with Crippen molar-refractivity contribution in [1.82, 2.24) is 24.5 Å². The topological polar surface area (TPSA) is 112 Å². The molecule has 0 spiro atoms. The zero-order valence-electron chi connectivity index (χ0n) is 22.7. The summed E-state index contributed by atoms with van der Waals surface area (Å²) in [5, 5.41) is 4.00. The van der Waals surface area contributed by atoms with Crippen LogP contribution in [0.25, 0.3) is 16.6 Å². The van der Waals surface area contributed by atoms with Crippen molar-refractivity contribution >= 4 is 39.8 Å². The highest BCUT2D eigenvalue weighted by Crippen LogP contribution is 2.27. The molecule has 4 aromatic rings. The van der Waals surface area contributed by atoms with Gasteiger partial charge in [-0.05, 0) is 63.0 Å². The molecule has 0 saturated heterocycles. The van der Waals surface area contributed by atoms with Gasteiger partial charge in [0.25, 0.3) is 5.56 Å². The lowest BCUT2D eigenvalue weighted by atomic mass is 10.1. The SMILES string of the molecule is C/C=C(\C=C(/CC)n1c(C(C)Nc2ncnc(N)c2C#Cc2ccc(F)cn2)nc2cccc(Cl)c2c1=O)CC. The molecule has 8 nitrogen and oxygen atoms in total. The summed E-state index contributed by atoms with van der Waals surface area (Å²) in [7, 11) is 0. The van der Waals surface area contributed by atoms with Gasteiger partial charge in [-0.3, -0.25) is 9.36 Å². The standard InChI is InChI=1S/C30H29ClFN7O/c1-5-19(6-2)15-22(7-3)39-29(38-25-10-8-9-24(31)26(25)30(39)40)18(4)37-28-23(27(33)35-17-36-28)14-13-21-12-11-20(32)16-34-21/h5,8-12,15-18H,6-7H2,1-4H3,(H3,33,35,36,37)/b19-5-,22-15+. The fourth-order valence-electron chi connectivity index (χ4n) is 4.18. The minimum atomic E-state index is -0.513. The quantitative estimate of drug-likeness (QED) is 0.207. The van der Waals surface area contributed by atoms with Crippen LogP contribution in [0.15, 0.2) is 65.4 Å². The molecule has 0 aliphatic rings. The number of benzene rings is 1. The number of hydrogen-bond donors (Lipinski definition) is 2. The van der Waals surface area contributed by atoms with Crippen molar-refractivity contribution in [2.45, 2.75) is 46.6 Å². The Balaban J connectivity index is 1.86. The van der Waals surface area contributed by atoms with Gasteiger partial charge in [-0.15, -0.1) is 0 Å². The fraction of sp³-hybridized carbons (Fsp3) is 0.233. The van der Waals surface area contributed by atoms with Crippen LogP contribution < -0.4 is 16.6 Å². The van der Waals surface area contributed by atoms with E-state index in [0.717, 1.165) is 23.9 Å². The highest BCUT2D eigenvalue weighted by Gasteiger charge is 2.21. The van der Waals surface area contributed by atoms with Crippen molar-refractivity contribution in [1.29, 1.82) is 0 Å². The van der Waals surface area contributed by atoms with Gasteiger partial charge in [0.15, 0.2) is 0 Å². The van der Waals surface area contributed by atoms with E-state index in [9.17, 15) is 9.18 Å². The minimum absolute atomic E-state index is 0.157. The van der Waals surface area contributed by atoms with E-state index in [1.165, 1.54) is 18.5 Å². The third kappa shape index (κ3) is 6.03. The van der Waals surface area contributed by atoms with E-state index < -0.39 is 11.9 Å². The number of halogens is 2. The van der Waals surface area contributed by atoms with Gasteiger partial charge in [-0.2, -0.15) is 0 Å². The molecule has 0 saturated carbocycles. The minimum Gasteiger partial charge on any atom is -0.382 e. The van der Waals surface area contributed by atoms with Crippen LogP contribution in [0.1, 0.15) is 63.7 Å². The number of fused-ring (bicyclic) bond motifs is 1. The van der Waals surface area contributed by atoms with Crippen LogP contribution in [0.4, 0.5) is 16.0 Å². The maximum atomic E-state index is 13.9. The van der Waals surface area contributed by atoms with Crippen molar-refractivity contribution in [2.75, 3.05) is 11.1 Å². The summed E-state index contributed by atoms with van der Waals surface area (Å²) in [4.78, 5) is 31.2. The molecule has 10 heteroatoms. The number of nitrogens with one attached hydrogen (secondary N) is 1. The predicted octanol–water partition coefficient (Wildman–Crippen LogP) is 6.14. The number of anilines is 2. The molecule has 1 aromatic carbocycles. The Bertz CT molecular complexity index is 1730. The lowest BCUT2D eigenvalue weighted by molar-refractivity contribution is 0.621. The zero-order valence-corrected chi connectivity index (χ0v) is 23.4. The third-order valence-electron chi connectivity index (χ3n) is 6.31. The molecule has 3 aromatic heterocycles. The summed E-state index contributed by atoms with van der Waals surface area (Å²) in [5.74, 6) is 6.33. The van der Waals surface area contributed by atoms with E-state index in [1.807, 2.05) is 32.9 Å². The number of rotatable bonds is 7. The van der Waals surface area contributed by atoms with E-state index in [0.29, 0.717) is 45.2 Å². The van der Waals surface area contributed by atoms with E-state index in [4.69, 9.17) is 22.3 Å². The summed E-state index contributed by atoms with van der Waals surface area (Å²) >= 11 is 6.46. The van der Waals surface area contributed by atoms with Gasteiger partial charge in [0.05, 0.1) is 28.2 Å². The molecule has 204 valence electrons. The summed E-state index contributed by atoms with van der Waals surface area (Å²) < 4.78 is 14.9. The van der Waals surface area contributed by atoms with Crippen LogP contribution in [-0.2, 0) is 0 Å². The Hall–Kier alpha value is -4.55. The van der Waals surface area contributed by atoms with Crippen LogP contribution in [0.2, 0.25) is 5.02 Å². The predicted molar refractivity (Wildman–Crippen MR) is 158 cm³/mol. The fourth-order valence-corrected chi connectivity index (χ4v) is 4.43. The molecule has 0 aliphatic heterocycles. The van der Waals surface area contributed by atoms with Gasteiger partial charge < -0.3 is 11.1 Å². The molecule has 40 heavy (non-hydrogen) atoms. The highest BCUT2D eigenvalue weighted by atomic mass is 35.5. The Morgan fingerprint density at radius 2 is 1.98 bits per heavy atom. The first-order chi connectivity index (χ1) is 19.3. The second kappa shape index (κ2) is 12.5. The van der Waals surface area contributed by atoms with Crippen molar-refractivity contribution < 1.29 is 4.39 Å². The zero-order chi connectivity index (χ0) is 28.8. The summed E-state index contributed by atoms with van der Waals surface area (Å²) in [6, 6.07) is 7.43. The maximum Gasteiger partial charge on any atom is 0.267 e. The molecule has 4 rings (SSSR count). The third-order valence-corrected chi connectivity index (χ3v) is 6.63. The number of pyridine rings is 1. The molecule has 3 heterocycles. The average molecular weight is 558 g/mol. The smallest absolute Gasteiger partial charge is 0.267 e. The average Bonchev–Trinajstić information content (AvgIpc) is 2.94. The molecule has 0 radical (unpaired) electrons. The molecule has 0 amide bonds. The van der Waals surface area contributed by atoms with E-state index in [-0.39, 0.29) is 11.4 Å². The Kier molecular flexibility index (Phi) is 8.92. The second-order valence-electron chi connectivity index (χ2n) is 8.91. The molecule has 1 atom stereocenters. The molecule has 3 N–H and O–H groups in total. The maximum absolute atomic E-state index is 13.9. The van der Waals surface area contributed by atoms with E-state index in [2.05, 4.69) is 39.0 Å². The van der Waals surface area contributed by atoms with Gasteiger partial charge in [-0.25, -0.2) is 24.3 Å². The number of nitrogens with two attached hydrogens (primary N) is 1. The molecule has 0 bridgehead atoms. The summed E-state index contributed by atoms with van der Waals surface area (Å²) in [5.41, 5.74) is 8.94. The lowest BCUT2D eigenvalue weighted by Crippen LogP contribution is -2.28. The number of hydrogen-bond acceptors (Lipinski definition) is 7. The second-order valence-corrected chi connectivity index (χ2v) is 9.32. The molecule has 0 aliphatic carbocycles. The Morgan fingerprint density at radius 3 is 2.65 bits per heavy atom. The normalized spacial score (nSPS) is 12.7.